The molecule has 3 amide bonds. The predicted molar refractivity (Wildman–Crippen MR) is 127 cm³/mol. The zero-order valence-electron chi connectivity index (χ0n) is 19.4. The van der Waals surface area contributed by atoms with Gasteiger partial charge in [-0.1, -0.05) is 31.2 Å². The first-order valence-electron chi connectivity index (χ1n) is 11.5. The van der Waals surface area contributed by atoms with Gasteiger partial charge in [-0.05, 0) is 43.3 Å². The zero-order valence-corrected chi connectivity index (χ0v) is 20.2. The van der Waals surface area contributed by atoms with E-state index in [1.807, 2.05) is 61.4 Å². The molecule has 2 aliphatic rings. The fraction of sp³-hybridized carbons (Fsp3) is 0.480. The lowest BCUT2D eigenvalue weighted by Gasteiger charge is -2.44. The minimum Gasteiger partial charge on any atom is -0.353 e. The average molecular weight is 470 g/mol. The molecule has 1 aromatic carbocycles. The highest BCUT2D eigenvalue weighted by atomic mass is 32.1. The van der Waals surface area contributed by atoms with Crippen LogP contribution in [0, 0.1) is 6.92 Å². The highest BCUT2D eigenvalue weighted by Gasteiger charge is 2.54. The number of amides is 3. The van der Waals surface area contributed by atoms with Crippen molar-refractivity contribution in [3.05, 3.63) is 57.8 Å². The van der Waals surface area contributed by atoms with E-state index in [-0.39, 0.29) is 30.4 Å². The fourth-order valence-corrected chi connectivity index (χ4v) is 5.26. The number of hydrogen-bond donors (Lipinski definition) is 1. The molecule has 0 bridgehead atoms. The topological polar surface area (TPSA) is 79.0 Å². The predicted octanol–water partition coefficient (Wildman–Crippen LogP) is 3.44. The van der Waals surface area contributed by atoms with Crippen molar-refractivity contribution < 1.29 is 19.1 Å². The van der Waals surface area contributed by atoms with E-state index < -0.39 is 11.8 Å². The molecule has 4 rings (SSSR count). The fourth-order valence-electron chi connectivity index (χ4n) is 4.57. The molecule has 0 unspecified atom stereocenters. The van der Waals surface area contributed by atoms with Crippen LogP contribution >= 0.6 is 11.3 Å². The van der Waals surface area contributed by atoms with Gasteiger partial charge < -0.3 is 15.0 Å². The third-order valence-corrected chi connectivity index (χ3v) is 7.58. The minimum atomic E-state index is -0.900. The first kappa shape index (κ1) is 23.4. The first-order chi connectivity index (χ1) is 15.9. The van der Waals surface area contributed by atoms with E-state index in [0.717, 1.165) is 12.0 Å². The number of carbonyl (C=O) groups excluding carboxylic acids is 3. The highest BCUT2D eigenvalue weighted by molar-refractivity contribution is 7.12. The van der Waals surface area contributed by atoms with Crippen LogP contribution in [0.3, 0.4) is 0 Å². The summed E-state index contributed by atoms with van der Waals surface area (Å²) in [7, 11) is 0. The van der Waals surface area contributed by atoms with Crippen LogP contribution in [0.25, 0.3) is 0 Å². The molecule has 1 spiro atoms. The number of nitrogens with zero attached hydrogens (tertiary/aromatic N) is 2. The molecular weight excluding hydrogens is 438 g/mol. The lowest BCUT2D eigenvalue weighted by Crippen LogP contribution is -2.60. The van der Waals surface area contributed by atoms with Crippen molar-refractivity contribution in [1.82, 2.24) is 15.1 Å². The standard InChI is InChI=1S/C25H31N3O4S/c1-4-18(3)26-22(29)20-16-32-25(28(20)23(30)19-9-6-5-8-17(19)2)11-13-27(14-12-25)24(31)21-10-7-15-33-21/h5-10,15,18,20H,4,11-14,16H2,1-3H3,(H,26,29)/t18-,20+/m0/s1. The molecule has 3 heterocycles. The van der Waals surface area contributed by atoms with E-state index in [1.165, 1.54) is 11.3 Å². The van der Waals surface area contributed by atoms with Crippen molar-refractivity contribution >= 4 is 29.1 Å². The summed E-state index contributed by atoms with van der Waals surface area (Å²) >= 11 is 1.42. The van der Waals surface area contributed by atoms with E-state index in [2.05, 4.69) is 5.32 Å². The maximum absolute atomic E-state index is 13.8. The third kappa shape index (κ3) is 4.54. The van der Waals surface area contributed by atoms with Gasteiger partial charge in [-0.15, -0.1) is 11.3 Å². The second-order valence-electron chi connectivity index (χ2n) is 8.85. The Morgan fingerprint density at radius 1 is 1.15 bits per heavy atom. The molecule has 0 radical (unpaired) electrons. The van der Waals surface area contributed by atoms with E-state index >= 15 is 0 Å². The van der Waals surface area contributed by atoms with Crippen molar-refractivity contribution in [3.8, 4) is 0 Å². The Balaban J connectivity index is 1.60. The Morgan fingerprint density at radius 2 is 1.88 bits per heavy atom. The van der Waals surface area contributed by atoms with Gasteiger partial charge in [0.1, 0.15) is 11.8 Å². The molecule has 1 aromatic heterocycles. The Kier molecular flexibility index (Phi) is 6.86. The summed E-state index contributed by atoms with van der Waals surface area (Å²) in [6, 6.07) is 10.4. The third-order valence-electron chi connectivity index (χ3n) is 6.72. The molecule has 2 atom stereocenters. The summed E-state index contributed by atoms with van der Waals surface area (Å²) < 4.78 is 6.25. The van der Waals surface area contributed by atoms with Crippen molar-refractivity contribution in [2.45, 2.75) is 57.8 Å². The summed E-state index contributed by atoms with van der Waals surface area (Å²) in [5.74, 6) is -0.395. The molecule has 7 nitrogen and oxygen atoms in total. The van der Waals surface area contributed by atoms with Gasteiger partial charge in [0, 0.05) is 37.5 Å². The number of piperidine rings is 1. The Morgan fingerprint density at radius 3 is 2.52 bits per heavy atom. The van der Waals surface area contributed by atoms with E-state index in [9.17, 15) is 14.4 Å². The van der Waals surface area contributed by atoms with Gasteiger partial charge in [-0.2, -0.15) is 0 Å². The molecule has 2 aliphatic heterocycles. The van der Waals surface area contributed by atoms with E-state index in [1.54, 1.807) is 11.0 Å². The number of thiophene rings is 1. The van der Waals surface area contributed by atoms with Crippen LogP contribution in [0.2, 0.25) is 0 Å². The molecule has 1 N–H and O–H groups in total. The number of hydrogen-bond acceptors (Lipinski definition) is 5. The lowest BCUT2D eigenvalue weighted by molar-refractivity contribution is -0.128. The molecule has 33 heavy (non-hydrogen) atoms. The van der Waals surface area contributed by atoms with Gasteiger partial charge in [0.2, 0.25) is 5.91 Å². The number of benzene rings is 1. The lowest BCUT2D eigenvalue weighted by atomic mass is 9.95. The SMILES string of the molecule is CC[C@H](C)NC(=O)[C@H]1COC2(CCN(C(=O)c3cccs3)CC2)N1C(=O)c1ccccc1C. The summed E-state index contributed by atoms with van der Waals surface area (Å²) in [4.78, 5) is 43.9. The number of likely N-dealkylation sites (tertiary alicyclic amines) is 1. The van der Waals surface area contributed by atoms with Gasteiger partial charge in [0.25, 0.3) is 11.8 Å². The van der Waals surface area contributed by atoms with Crippen molar-refractivity contribution in [3.63, 3.8) is 0 Å². The normalized spacial score (nSPS) is 20.6. The van der Waals surface area contributed by atoms with Gasteiger partial charge in [-0.25, -0.2) is 0 Å². The molecule has 2 saturated heterocycles. The van der Waals surface area contributed by atoms with Crippen LogP contribution in [0.5, 0.6) is 0 Å². The Bertz CT molecular complexity index is 1010. The maximum Gasteiger partial charge on any atom is 0.263 e. The summed E-state index contributed by atoms with van der Waals surface area (Å²) in [6.07, 6.45) is 1.74. The summed E-state index contributed by atoms with van der Waals surface area (Å²) in [5.41, 5.74) is 0.528. The largest absolute Gasteiger partial charge is 0.353 e. The second kappa shape index (κ2) is 9.65. The quantitative estimate of drug-likeness (QED) is 0.728. The van der Waals surface area contributed by atoms with Crippen LogP contribution in [-0.2, 0) is 9.53 Å². The van der Waals surface area contributed by atoms with E-state index in [0.29, 0.717) is 36.4 Å². The zero-order chi connectivity index (χ0) is 23.6. The molecule has 2 fully saturated rings. The molecule has 176 valence electrons. The average Bonchev–Trinajstić information content (AvgIpc) is 3.48. The minimum absolute atomic E-state index is 0.000640. The Labute approximate surface area is 198 Å². The Hall–Kier alpha value is -2.71. The van der Waals surface area contributed by atoms with Crippen LogP contribution < -0.4 is 5.32 Å². The van der Waals surface area contributed by atoms with Gasteiger partial charge >= 0.3 is 0 Å². The number of aryl methyl sites for hydroxylation is 1. The molecular formula is C25H31N3O4S. The first-order valence-corrected chi connectivity index (χ1v) is 12.4. The van der Waals surface area contributed by atoms with Crippen LogP contribution in [-0.4, -0.2) is 65.0 Å². The van der Waals surface area contributed by atoms with Gasteiger partial charge in [0.15, 0.2) is 0 Å². The number of nitrogens with one attached hydrogen (secondary N) is 1. The second-order valence-corrected chi connectivity index (χ2v) is 9.80. The maximum atomic E-state index is 13.8. The monoisotopic (exact) mass is 469 g/mol. The van der Waals surface area contributed by atoms with Gasteiger partial charge in [0.05, 0.1) is 11.5 Å². The van der Waals surface area contributed by atoms with Crippen LogP contribution in [0.4, 0.5) is 0 Å². The molecule has 2 aromatic rings. The summed E-state index contributed by atoms with van der Waals surface area (Å²) in [5, 5.41) is 4.90. The molecule has 0 saturated carbocycles. The number of carbonyl (C=O) groups is 3. The van der Waals surface area contributed by atoms with Crippen LogP contribution in [0.1, 0.15) is 58.7 Å². The van der Waals surface area contributed by atoms with Crippen molar-refractivity contribution in [2.75, 3.05) is 19.7 Å². The number of rotatable bonds is 5. The highest BCUT2D eigenvalue weighted by Crippen LogP contribution is 2.39. The van der Waals surface area contributed by atoms with E-state index in [4.69, 9.17) is 4.74 Å². The van der Waals surface area contributed by atoms with Crippen LogP contribution in [0.15, 0.2) is 41.8 Å². The molecule has 0 aliphatic carbocycles. The smallest absolute Gasteiger partial charge is 0.263 e. The number of ether oxygens (including phenoxy) is 1. The summed E-state index contributed by atoms with van der Waals surface area (Å²) in [6.45, 7) is 6.94. The van der Waals surface area contributed by atoms with Crippen molar-refractivity contribution in [2.24, 2.45) is 0 Å². The molecule has 8 heteroatoms. The van der Waals surface area contributed by atoms with Gasteiger partial charge in [-0.3, -0.25) is 19.3 Å². The van der Waals surface area contributed by atoms with Crippen molar-refractivity contribution in [1.29, 1.82) is 0 Å².